The van der Waals surface area contributed by atoms with Crippen molar-refractivity contribution in [1.29, 1.82) is 0 Å². The van der Waals surface area contributed by atoms with E-state index < -0.39 is 0 Å². The first-order valence-corrected chi connectivity index (χ1v) is 7.64. The Balaban J connectivity index is 2.15. The smallest absolute Gasteiger partial charge is 0.0568 e. The van der Waals surface area contributed by atoms with Crippen LogP contribution in [0, 0.1) is 0 Å². The van der Waals surface area contributed by atoms with Crippen molar-refractivity contribution in [1.82, 2.24) is 0 Å². The maximum Gasteiger partial charge on any atom is 0.0568 e. The summed E-state index contributed by atoms with van der Waals surface area (Å²) < 4.78 is 0. The Bertz CT molecular complexity index is 529. The molecule has 0 aliphatic heterocycles. The van der Waals surface area contributed by atoms with Gasteiger partial charge in [-0.2, -0.15) is 0 Å². The molecule has 0 aliphatic rings. The predicted molar refractivity (Wildman–Crippen MR) is 83.6 cm³/mol. The van der Waals surface area contributed by atoms with Gasteiger partial charge in [0.15, 0.2) is 0 Å². The van der Waals surface area contributed by atoms with Crippen LogP contribution in [0.1, 0.15) is 19.8 Å². The van der Waals surface area contributed by atoms with Crippen molar-refractivity contribution in [2.75, 3.05) is 6.61 Å². The van der Waals surface area contributed by atoms with Crippen molar-refractivity contribution < 1.29 is 5.11 Å². The van der Waals surface area contributed by atoms with Gasteiger partial charge in [-0.15, -0.1) is 11.8 Å². The maximum atomic E-state index is 9.50. The molecule has 0 saturated heterocycles. The molecule has 0 spiro atoms. The summed E-state index contributed by atoms with van der Waals surface area (Å²) in [7, 11) is 0. The quantitative estimate of drug-likeness (QED) is 0.794. The fraction of sp³-hybridized carbons (Fsp3) is 0.375. The van der Waals surface area contributed by atoms with Crippen LogP contribution < -0.4 is 5.73 Å². The first kappa shape index (κ1) is 14.4. The minimum Gasteiger partial charge on any atom is -0.395 e. The summed E-state index contributed by atoms with van der Waals surface area (Å²) in [6.45, 7) is 2.24. The Morgan fingerprint density at radius 1 is 1.16 bits per heavy atom. The van der Waals surface area contributed by atoms with E-state index in [1.807, 2.05) is 12.1 Å². The van der Waals surface area contributed by atoms with E-state index in [4.69, 9.17) is 5.73 Å². The van der Waals surface area contributed by atoms with Crippen LogP contribution in [0.25, 0.3) is 10.8 Å². The summed E-state index contributed by atoms with van der Waals surface area (Å²) in [4.78, 5) is 1.17. The van der Waals surface area contributed by atoms with Crippen molar-refractivity contribution in [3.63, 3.8) is 0 Å². The first-order chi connectivity index (χ1) is 9.24. The van der Waals surface area contributed by atoms with Gasteiger partial charge in [-0.05, 0) is 29.3 Å². The number of fused-ring (bicyclic) bond motifs is 1. The lowest BCUT2D eigenvalue weighted by Gasteiger charge is -2.21. The summed E-state index contributed by atoms with van der Waals surface area (Å²) in [5.41, 5.74) is 6.12. The van der Waals surface area contributed by atoms with E-state index in [2.05, 4.69) is 37.3 Å². The summed E-state index contributed by atoms with van der Waals surface area (Å²) in [6, 6.07) is 14.8. The molecule has 0 heterocycles. The number of hydrogen-bond acceptors (Lipinski definition) is 3. The SMILES string of the molecule is CCCC(N)C(CO)Sc1ccc2ccccc2c1. The minimum atomic E-state index is 0.0477. The van der Waals surface area contributed by atoms with Gasteiger partial charge in [-0.1, -0.05) is 43.7 Å². The molecule has 2 rings (SSSR count). The van der Waals surface area contributed by atoms with E-state index in [0.717, 1.165) is 12.8 Å². The van der Waals surface area contributed by atoms with Gasteiger partial charge < -0.3 is 10.8 Å². The lowest BCUT2D eigenvalue weighted by Crippen LogP contribution is -2.34. The van der Waals surface area contributed by atoms with Crippen LogP contribution in [0.3, 0.4) is 0 Å². The second kappa shape index (κ2) is 6.94. The Labute approximate surface area is 119 Å². The Kier molecular flexibility index (Phi) is 5.25. The van der Waals surface area contributed by atoms with E-state index in [-0.39, 0.29) is 17.9 Å². The number of aliphatic hydroxyl groups is 1. The monoisotopic (exact) mass is 275 g/mol. The topological polar surface area (TPSA) is 46.2 Å². The largest absolute Gasteiger partial charge is 0.395 e. The van der Waals surface area contributed by atoms with Gasteiger partial charge >= 0.3 is 0 Å². The van der Waals surface area contributed by atoms with Gasteiger partial charge in [0.2, 0.25) is 0 Å². The van der Waals surface area contributed by atoms with E-state index in [1.165, 1.54) is 15.7 Å². The lowest BCUT2D eigenvalue weighted by molar-refractivity contribution is 0.279. The fourth-order valence-corrected chi connectivity index (χ4v) is 3.27. The lowest BCUT2D eigenvalue weighted by atomic mass is 10.1. The molecule has 0 bridgehead atoms. The number of benzene rings is 2. The van der Waals surface area contributed by atoms with Crippen molar-refractivity contribution in [3.8, 4) is 0 Å². The second-order valence-corrected chi connectivity index (χ2v) is 6.11. The molecule has 0 saturated carbocycles. The summed E-state index contributed by atoms with van der Waals surface area (Å²) in [5.74, 6) is 0. The zero-order chi connectivity index (χ0) is 13.7. The molecule has 3 heteroatoms. The highest BCUT2D eigenvalue weighted by molar-refractivity contribution is 8.00. The van der Waals surface area contributed by atoms with Gasteiger partial charge in [0.25, 0.3) is 0 Å². The van der Waals surface area contributed by atoms with Gasteiger partial charge in [0.05, 0.1) is 6.61 Å². The van der Waals surface area contributed by atoms with Crippen LogP contribution >= 0.6 is 11.8 Å². The molecular formula is C16H21NOS. The summed E-state index contributed by atoms with van der Waals surface area (Å²) >= 11 is 1.68. The fourth-order valence-electron chi connectivity index (χ4n) is 2.19. The maximum absolute atomic E-state index is 9.50. The molecule has 0 radical (unpaired) electrons. The summed E-state index contributed by atoms with van der Waals surface area (Å²) in [6.07, 6.45) is 2.00. The van der Waals surface area contributed by atoms with E-state index in [0.29, 0.717) is 0 Å². The molecule has 102 valence electrons. The van der Waals surface area contributed by atoms with Gasteiger partial charge in [-0.3, -0.25) is 0 Å². The average molecular weight is 275 g/mol. The van der Waals surface area contributed by atoms with Crippen LogP contribution in [-0.2, 0) is 0 Å². The van der Waals surface area contributed by atoms with E-state index >= 15 is 0 Å². The Morgan fingerprint density at radius 3 is 2.58 bits per heavy atom. The molecular weight excluding hydrogens is 254 g/mol. The molecule has 2 aromatic carbocycles. The van der Waals surface area contributed by atoms with Crippen LogP contribution in [0.2, 0.25) is 0 Å². The summed E-state index contributed by atoms with van der Waals surface area (Å²) in [5, 5.41) is 12.0. The predicted octanol–water partition coefficient (Wildman–Crippen LogP) is 3.42. The van der Waals surface area contributed by atoms with E-state index in [9.17, 15) is 5.11 Å². The molecule has 3 N–H and O–H groups in total. The van der Waals surface area contributed by atoms with E-state index in [1.54, 1.807) is 11.8 Å². The first-order valence-electron chi connectivity index (χ1n) is 6.76. The number of aliphatic hydroxyl groups excluding tert-OH is 1. The molecule has 2 atom stereocenters. The molecule has 2 unspecified atom stereocenters. The number of rotatable bonds is 6. The van der Waals surface area contributed by atoms with Crippen molar-refractivity contribution in [3.05, 3.63) is 42.5 Å². The third-order valence-corrected chi connectivity index (χ3v) is 4.62. The Morgan fingerprint density at radius 2 is 1.89 bits per heavy atom. The average Bonchev–Trinajstić information content (AvgIpc) is 2.44. The third kappa shape index (κ3) is 3.72. The highest BCUT2D eigenvalue weighted by Gasteiger charge is 2.17. The number of hydrogen-bond donors (Lipinski definition) is 2. The van der Waals surface area contributed by atoms with Crippen molar-refractivity contribution in [2.45, 2.75) is 36.0 Å². The highest BCUT2D eigenvalue weighted by atomic mass is 32.2. The zero-order valence-corrected chi connectivity index (χ0v) is 12.1. The molecule has 0 aliphatic carbocycles. The normalized spacial score (nSPS) is 14.5. The van der Waals surface area contributed by atoms with Crippen molar-refractivity contribution >= 4 is 22.5 Å². The van der Waals surface area contributed by atoms with Gasteiger partial charge in [0.1, 0.15) is 0 Å². The molecule has 2 aromatic rings. The zero-order valence-electron chi connectivity index (χ0n) is 11.3. The second-order valence-electron chi connectivity index (χ2n) is 4.80. The molecule has 2 nitrogen and oxygen atoms in total. The molecule has 19 heavy (non-hydrogen) atoms. The van der Waals surface area contributed by atoms with Gasteiger partial charge in [-0.25, -0.2) is 0 Å². The van der Waals surface area contributed by atoms with Crippen LogP contribution in [0.5, 0.6) is 0 Å². The van der Waals surface area contributed by atoms with Crippen LogP contribution in [-0.4, -0.2) is 23.0 Å². The number of thioether (sulfide) groups is 1. The molecule has 0 aromatic heterocycles. The van der Waals surface area contributed by atoms with Crippen LogP contribution in [0.4, 0.5) is 0 Å². The highest BCUT2D eigenvalue weighted by Crippen LogP contribution is 2.28. The molecule has 0 amide bonds. The van der Waals surface area contributed by atoms with Gasteiger partial charge in [0, 0.05) is 16.2 Å². The number of nitrogens with two attached hydrogens (primary N) is 1. The Hall–Kier alpha value is -1.03. The minimum absolute atomic E-state index is 0.0477. The van der Waals surface area contributed by atoms with Crippen molar-refractivity contribution in [2.24, 2.45) is 5.73 Å². The third-order valence-electron chi connectivity index (χ3n) is 3.29. The molecule has 0 fully saturated rings. The van der Waals surface area contributed by atoms with Crippen LogP contribution in [0.15, 0.2) is 47.4 Å². The standard InChI is InChI=1S/C16H21NOS/c1-2-5-15(17)16(11-18)19-14-9-8-12-6-3-4-7-13(12)10-14/h3-4,6-10,15-16,18H,2,5,11,17H2,1H3.